The molecule has 0 bridgehead atoms. The molecule has 1 aromatic heterocycles. The second kappa shape index (κ2) is 9.14. The number of hydrogen-bond donors (Lipinski definition) is 2. The Morgan fingerprint density at radius 3 is 2.82 bits per heavy atom. The number of nitrogens with one attached hydrogen (secondary N) is 2. The largest absolute Gasteiger partial charge is 0.347 e. The van der Waals surface area contributed by atoms with Crippen molar-refractivity contribution in [2.75, 3.05) is 18.4 Å². The molecule has 1 aromatic carbocycles. The Hall–Kier alpha value is -2.48. The second-order valence-electron chi connectivity index (χ2n) is 7.43. The maximum absolute atomic E-state index is 12.7. The zero-order chi connectivity index (χ0) is 20.1. The van der Waals surface area contributed by atoms with Crippen molar-refractivity contribution in [2.45, 2.75) is 45.6 Å². The Bertz CT molecular complexity index is 831. The molecule has 3 rings (SSSR count). The van der Waals surface area contributed by atoms with Gasteiger partial charge < -0.3 is 15.5 Å². The fourth-order valence-corrected chi connectivity index (χ4v) is 4.10. The number of aromatic nitrogens is 1. The summed E-state index contributed by atoms with van der Waals surface area (Å²) in [5.41, 5.74) is 0.839. The first-order chi connectivity index (χ1) is 13.4. The van der Waals surface area contributed by atoms with Gasteiger partial charge >= 0.3 is 0 Å². The van der Waals surface area contributed by atoms with Crippen molar-refractivity contribution in [1.29, 1.82) is 0 Å². The number of carbonyl (C=O) groups excluding carboxylic acids is 3. The van der Waals surface area contributed by atoms with Crippen molar-refractivity contribution in [3.63, 3.8) is 0 Å². The molecule has 0 aliphatic carbocycles. The van der Waals surface area contributed by atoms with Gasteiger partial charge in [0.05, 0.1) is 16.8 Å². The van der Waals surface area contributed by atoms with Crippen LogP contribution in [-0.4, -0.2) is 46.7 Å². The van der Waals surface area contributed by atoms with Gasteiger partial charge in [0.1, 0.15) is 6.04 Å². The first kappa shape index (κ1) is 20.3. The predicted octanol–water partition coefficient (Wildman–Crippen LogP) is 2.78. The summed E-state index contributed by atoms with van der Waals surface area (Å²) >= 11 is 1.41. The molecule has 1 fully saturated rings. The van der Waals surface area contributed by atoms with E-state index in [1.54, 1.807) is 4.90 Å². The molecule has 2 N–H and O–H groups in total. The number of thiazole rings is 1. The van der Waals surface area contributed by atoms with Gasteiger partial charge in [0.15, 0.2) is 5.13 Å². The summed E-state index contributed by atoms with van der Waals surface area (Å²) in [6.07, 6.45) is 2.58. The highest BCUT2D eigenvalue weighted by atomic mass is 32.1. The first-order valence-corrected chi connectivity index (χ1v) is 10.5. The average Bonchev–Trinajstić information content (AvgIpc) is 3.30. The van der Waals surface area contributed by atoms with E-state index in [1.165, 1.54) is 11.3 Å². The third-order valence-electron chi connectivity index (χ3n) is 4.79. The number of para-hydroxylation sites is 1. The fraction of sp³-hybridized carbons (Fsp3) is 0.500. The van der Waals surface area contributed by atoms with E-state index in [2.05, 4.69) is 29.5 Å². The molecule has 1 atom stereocenters. The van der Waals surface area contributed by atoms with E-state index in [9.17, 15) is 14.4 Å². The molecule has 1 saturated heterocycles. The molecule has 3 amide bonds. The minimum absolute atomic E-state index is 0.0676. The Labute approximate surface area is 168 Å². The molecule has 1 aliphatic heterocycles. The zero-order valence-corrected chi connectivity index (χ0v) is 17.1. The van der Waals surface area contributed by atoms with Crippen LogP contribution in [0.15, 0.2) is 24.3 Å². The van der Waals surface area contributed by atoms with Crippen molar-refractivity contribution < 1.29 is 14.4 Å². The van der Waals surface area contributed by atoms with Crippen LogP contribution in [0.3, 0.4) is 0 Å². The highest BCUT2D eigenvalue weighted by Crippen LogP contribution is 2.26. The topological polar surface area (TPSA) is 91.4 Å². The zero-order valence-electron chi connectivity index (χ0n) is 16.2. The van der Waals surface area contributed by atoms with Gasteiger partial charge in [-0.1, -0.05) is 37.3 Å². The Kier molecular flexibility index (Phi) is 6.61. The molecule has 28 heavy (non-hydrogen) atoms. The van der Waals surface area contributed by atoms with Crippen LogP contribution in [0.1, 0.15) is 39.5 Å². The summed E-state index contributed by atoms with van der Waals surface area (Å²) in [6.45, 7) is 4.56. The van der Waals surface area contributed by atoms with Gasteiger partial charge in [-0.15, -0.1) is 0 Å². The standard InChI is InChI=1S/C20H26N4O3S/c1-13(2)9-10-17(25)21-12-18(26)24-11-5-7-15(24)19(27)23-20-22-14-6-3-4-8-16(14)28-20/h3-4,6,8,13,15H,5,7,9-12H2,1-2H3,(H,21,25)(H,22,23,27). The van der Waals surface area contributed by atoms with Crippen LogP contribution in [0.5, 0.6) is 0 Å². The lowest BCUT2D eigenvalue weighted by Gasteiger charge is -2.23. The molecule has 2 heterocycles. The number of fused-ring (bicyclic) bond motifs is 1. The molecule has 7 nitrogen and oxygen atoms in total. The van der Waals surface area contributed by atoms with Crippen LogP contribution in [0.4, 0.5) is 5.13 Å². The molecule has 0 radical (unpaired) electrons. The normalized spacial score (nSPS) is 16.5. The van der Waals surface area contributed by atoms with E-state index in [1.807, 2.05) is 24.3 Å². The third kappa shape index (κ3) is 5.07. The molecule has 8 heteroatoms. The number of benzene rings is 1. The van der Waals surface area contributed by atoms with Gasteiger partial charge in [0, 0.05) is 13.0 Å². The number of likely N-dealkylation sites (tertiary alicyclic amines) is 1. The average molecular weight is 403 g/mol. The fourth-order valence-electron chi connectivity index (χ4n) is 3.24. The van der Waals surface area contributed by atoms with Crippen LogP contribution in [0.25, 0.3) is 10.2 Å². The molecule has 0 saturated carbocycles. The van der Waals surface area contributed by atoms with Crippen LogP contribution >= 0.6 is 11.3 Å². The van der Waals surface area contributed by atoms with E-state index in [0.29, 0.717) is 30.4 Å². The molecular formula is C20H26N4O3S. The number of carbonyl (C=O) groups is 3. The number of rotatable bonds is 7. The molecule has 2 aromatic rings. The Morgan fingerprint density at radius 1 is 1.29 bits per heavy atom. The van der Waals surface area contributed by atoms with Crippen LogP contribution in [-0.2, 0) is 14.4 Å². The maximum Gasteiger partial charge on any atom is 0.248 e. The van der Waals surface area contributed by atoms with Crippen LogP contribution in [0, 0.1) is 5.92 Å². The molecule has 1 unspecified atom stereocenters. The number of hydrogen-bond acceptors (Lipinski definition) is 5. The Balaban J connectivity index is 1.54. The summed E-state index contributed by atoms with van der Waals surface area (Å²) in [4.78, 5) is 43.0. The summed E-state index contributed by atoms with van der Waals surface area (Å²) in [5.74, 6) is -0.136. The lowest BCUT2D eigenvalue weighted by Crippen LogP contribution is -2.47. The van der Waals surface area contributed by atoms with Crippen molar-refractivity contribution in [2.24, 2.45) is 5.92 Å². The summed E-state index contributed by atoms with van der Waals surface area (Å²) < 4.78 is 1.00. The SMILES string of the molecule is CC(C)CCC(=O)NCC(=O)N1CCCC1C(=O)Nc1nc2ccccc2s1. The van der Waals surface area contributed by atoms with E-state index in [-0.39, 0.29) is 24.3 Å². The monoisotopic (exact) mass is 402 g/mol. The number of amides is 3. The minimum atomic E-state index is -0.521. The van der Waals surface area contributed by atoms with E-state index >= 15 is 0 Å². The van der Waals surface area contributed by atoms with Crippen molar-refractivity contribution in [3.05, 3.63) is 24.3 Å². The Morgan fingerprint density at radius 2 is 2.07 bits per heavy atom. The highest BCUT2D eigenvalue weighted by Gasteiger charge is 2.34. The van der Waals surface area contributed by atoms with E-state index < -0.39 is 6.04 Å². The van der Waals surface area contributed by atoms with E-state index in [4.69, 9.17) is 0 Å². The van der Waals surface area contributed by atoms with Crippen LogP contribution < -0.4 is 10.6 Å². The smallest absolute Gasteiger partial charge is 0.248 e. The van der Waals surface area contributed by atoms with Gasteiger partial charge in [0.2, 0.25) is 17.7 Å². The highest BCUT2D eigenvalue weighted by molar-refractivity contribution is 7.22. The van der Waals surface area contributed by atoms with Gasteiger partial charge in [-0.25, -0.2) is 4.98 Å². The lowest BCUT2D eigenvalue weighted by atomic mass is 10.1. The number of anilines is 1. The van der Waals surface area contributed by atoms with Crippen molar-refractivity contribution >= 4 is 44.4 Å². The van der Waals surface area contributed by atoms with Crippen molar-refractivity contribution in [3.8, 4) is 0 Å². The second-order valence-corrected chi connectivity index (χ2v) is 8.46. The predicted molar refractivity (Wildman–Crippen MR) is 110 cm³/mol. The quantitative estimate of drug-likeness (QED) is 0.745. The minimum Gasteiger partial charge on any atom is -0.347 e. The van der Waals surface area contributed by atoms with E-state index in [0.717, 1.165) is 23.1 Å². The lowest BCUT2D eigenvalue weighted by molar-refractivity contribution is -0.137. The molecule has 0 spiro atoms. The maximum atomic E-state index is 12.7. The summed E-state index contributed by atoms with van der Waals surface area (Å²) in [5, 5.41) is 6.05. The third-order valence-corrected chi connectivity index (χ3v) is 5.74. The summed E-state index contributed by atoms with van der Waals surface area (Å²) in [6, 6.07) is 7.16. The van der Waals surface area contributed by atoms with Gasteiger partial charge in [0.25, 0.3) is 0 Å². The molecule has 150 valence electrons. The van der Waals surface area contributed by atoms with Gasteiger partial charge in [-0.05, 0) is 37.3 Å². The molecule has 1 aliphatic rings. The van der Waals surface area contributed by atoms with Gasteiger partial charge in [-0.2, -0.15) is 0 Å². The summed E-state index contributed by atoms with van der Waals surface area (Å²) in [7, 11) is 0. The van der Waals surface area contributed by atoms with Crippen LogP contribution in [0.2, 0.25) is 0 Å². The number of nitrogens with zero attached hydrogens (tertiary/aromatic N) is 2. The first-order valence-electron chi connectivity index (χ1n) is 9.66. The van der Waals surface area contributed by atoms with Crippen molar-refractivity contribution in [1.82, 2.24) is 15.2 Å². The van der Waals surface area contributed by atoms with Gasteiger partial charge in [-0.3, -0.25) is 14.4 Å². The molecular weight excluding hydrogens is 376 g/mol.